The van der Waals surface area contributed by atoms with Crippen molar-refractivity contribution in [2.45, 2.75) is 25.7 Å². The number of H-pyrrole nitrogens is 1. The molecular formula is C14H16N2O2. The number of hydrogen-bond donors (Lipinski definition) is 1. The summed E-state index contributed by atoms with van der Waals surface area (Å²) in [4.78, 5) is 7.54. The van der Waals surface area contributed by atoms with Gasteiger partial charge in [0.1, 0.15) is 5.82 Å². The molecule has 0 saturated carbocycles. The number of aromatic nitrogens is 2. The van der Waals surface area contributed by atoms with E-state index in [1.54, 1.807) is 6.20 Å². The lowest BCUT2D eigenvalue weighted by Crippen LogP contribution is -2.03. The first kappa shape index (κ1) is 11.1. The van der Waals surface area contributed by atoms with Gasteiger partial charge in [-0.15, -0.1) is 0 Å². The molecule has 1 aromatic carbocycles. The Labute approximate surface area is 106 Å². The van der Waals surface area contributed by atoms with Gasteiger partial charge in [0.25, 0.3) is 0 Å². The minimum atomic E-state index is 0.328. The van der Waals surface area contributed by atoms with Crippen molar-refractivity contribution in [1.82, 2.24) is 9.97 Å². The van der Waals surface area contributed by atoms with E-state index in [1.165, 1.54) is 5.56 Å². The summed E-state index contributed by atoms with van der Waals surface area (Å²) in [6.45, 7) is 2.51. The summed E-state index contributed by atoms with van der Waals surface area (Å²) in [5.41, 5.74) is 1.25. The highest BCUT2D eigenvalue weighted by atomic mass is 16.7. The number of imidazole rings is 1. The molecule has 1 unspecified atom stereocenters. The van der Waals surface area contributed by atoms with Gasteiger partial charge < -0.3 is 14.5 Å². The molecule has 3 rings (SSSR count). The summed E-state index contributed by atoms with van der Waals surface area (Å²) in [5.74, 6) is 3.15. The predicted molar refractivity (Wildman–Crippen MR) is 67.9 cm³/mol. The Kier molecular flexibility index (Phi) is 2.92. The zero-order chi connectivity index (χ0) is 12.4. The Balaban J connectivity index is 1.79. The van der Waals surface area contributed by atoms with Crippen molar-refractivity contribution in [3.05, 3.63) is 42.0 Å². The van der Waals surface area contributed by atoms with Crippen molar-refractivity contribution in [2.75, 3.05) is 6.79 Å². The SMILES string of the molecule is CCC(Cc1ccc2c(c1)OCO2)c1ncc[nH]1. The van der Waals surface area contributed by atoms with E-state index in [9.17, 15) is 0 Å². The first-order valence-electron chi connectivity index (χ1n) is 6.24. The van der Waals surface area contributed by atoms with Gasteiger partial charge in [-0.25, -0.2) is 4.98 Å². The summed E-state index contributed by atoms with van der Waals surface area (Å²) in [7, 11) is 0. The van der Waals surface area contributed by atoms with Gasteiger partial charge in [-0.05, 0) is 30.5 Å². The van der Waals surface area contributed by atoms with Gasteiger partial charge in [-0.2, -0.15) is 0 Å². The first-order valence-corrected chi connectivity index (χ1v) is 6.24. The third-order valence-electron chi connectivity index (χ3n) is 3.32. The van der Waals surface area contributed by atoms with Crippen LogP contribution in [0, 0.1) is 0 Å². The molecule has 1 N–H and O–H groups in total. The normalized spacial score (nSPS) is 14.7. The predicted octanol–water partition coefficient (Wildman–Crippen LogP) is 2.87. The number of nitrogens with one attached hydrogen (secondary N) is 1. The van der Waals surface area contributed by atoms with Gasteiger partial charge in [0, 0.05) is 18.3 Å². The monoisotopic (exact) mass is 244 g/mol. The molecule has 0 amide bonds. The zero-order valence-electron chi connectivity index (χ0n) is 10.3. The van der Waals surface area contributed by atoms with Gasteiger partial charge >= 0.3 is 0 Å². The Morgan fingerprint density at radius 3 is 3.00 bits per heavy atom. The van der Waals surface area contributed by atoms with E-state index < -0.39 is 0 Å². The molecule has 1 aromatic heterocycles. The summed E-state index contributed by atoms with van der Waals surface area (Å²) in [6.07, 6.45) is 5.69. The fourth-order valence-corrected chi connectivity index (χ4v) is 2.29. The second kappa shape index (κ2) is 4.72. The van der Waals surface area contributed by atoms with Crippen molar-refractivity contribution in [3.8, 4) is 11.5 Å². The van der Waals surface area contributed by atoms with Crippen LogP contribution < -0.4 is 9.47 Å². The molecule has 4 heteroatoms. The Bertz CT molecular complexity index is 523. The van der Waals surface area contributed by atoms with Crippen molar-refractivity contribution in [3.63, 3.8) is 0 Å². The molecule has 0 bridgehead atoms. The standard InChI is InChI=1S/C14H16N2O2/c1-2-11(14-15-5-6-16-14)7-10-3-4-12-13(8-10)18-9-17-12/h3-6,8,11H,2,7,9H2,1H3,(H,15,16). The van der Waals surface area contributed by atoms with E-state index >= 15 is 0 Å². The molecule has 18 heavy (non-hydrogen) atoms. The molecule has 4 nitrogen and oxygen atoms in total. The molecule has 1 aliphatic heterocycles. The fraction of sp³-hybridized carbons (Fsp3) is 0.357. The first-order chi connectivity index (χ1) is 8.86. The van der Waals surface area contributed by atoms with E-state index in [1.807, 2.05) is 12.3 Å². The Morgan fingerprint density at radius 2 is 2.22 bits per heavy atom. The van der Waals surface area contributed by atoms with Gasteiger partial charge in [0.05, 0.1) is 0 Å². The number of aromatic amines is 1. The van der Waals surface area contributed by atoms with Crippen molar-refractivity contribution in [2.24, 2.45) is 0 Å². The van der Waals surface area contributed by atoms with Crippen LogP contribution >= 0.6 is 0 Å². The van der Waals surface area contributed by atoms with Crippen molar-refractivity contribution in [1.29, 1.82) is 0 Å². The summed E-state index contributed by atoms with van der Waals surface area (Å²) < 4.78 is 10.7. The number of nitrogens with zero attached hydrogens (tertiary/aromatic N) is 1. The lowest BCUT2D eigenvalue weighted by molar-refractivity contribution is 0.174. The Hall–Kier alpha value is -1.97. The number of hydrogen-bond acceptors (Lipinski definition) is 3. The quantitative estimate of drug-likeness (QED) is 0.899. The molecule has 0 aliphatic carbocycles. The van der Waals surface area contributed by atoms with Crippen molar-refractivity contribution < 1.29 is 9.47 Å². The van der Waals surface area contributed by atoms with Gasteiger partial charge in [0.2, 0.25) is 6.79 Å². The van der Waals surface area contributed by atoms with E-state index in [-0.39, 0.29) is 0 Å². The molecule has 1 aliphatic rings. The van der Waals surface area contributed by atoms with Crippen LogP contribution in [0.25, 0.3) is 0 Å². The summed E-state index contributed by atoms with van der Waals surface area (Å²) in [6, 6.07) is 6.14. The smallest absolute Gasteiger partial charge is 0.231 e. The number of fused-ring (bicyclic) bond motifs is 1. The average Bonchev–Trinajstić information content (AvgIpc) is 3.06. The molecule has 2 aromatic rings. The van der Waals surface area contributed by atoms with E-state index in [0.717, 1.165) is 30.2 Å². The highest BCUT2D eigenvalue weighted by Crippen LogP contribution is 2.34. The molecule has 0 fully saturated rings. The lowest BCUT2D eigenvalue weighted by Gasteiger charge is -2.12. The third kappa shape index (κ3) is 2.06. The zero-order valence-corrected chi connectivity index (χ0v) is 10.3. The van der Waals surface area contributed by atoms with Gasteiger partial charge in [-0.3, -0.25) is 0 Å². The summed E-state index contributed by atoms with van der Waals surface area (Å²) >= 11 is 0. The molecule has 2 heterocycles. The van der Waals surface area contributed by atoms with Gasteiger partial charge in [-0.1, -0.05) is 13.0 Å². The van der Waals surface area contributed by atoms with Crippen LogP contribution in [-0.2, 0) is 6.42 Å². The van der Waals surface area contributed by atoms with Crippen LogP contribution in [0.4, 0.5) is 0 Å². The minimum absolute atomic E-state index is 0.328. The molecule has 0 radical (unpaired) electrons. The second-order valence-electron chi connectivity index (χ2n) is 4.47. The minimum Gasteiger partial charge on any atom is -0.454 e. The molecule has 94 valence electrons. The number of benzene rings is 1. The van der Waals surface area contributed by atoms with Crippen LogP contribution in [0.15, 0.2) is 30.6 Å². The highest BCUT2D eigenvalue weighted by molar-refractivity contribution is 5.44. The average molecular weight is 244 g/mol. The van der Waals surface area contributed by atoms with Crippen LogP contribution in [0.3, 0.4) is 0 Å². The lowest BCUT2D eigenvalue weighted by atomic mass is 9.96. The van der Waals surface area contributed by atoms with E-state index in [0.29, 0.717) is 12.7 Å². The maximum atomic E-state index is 5.40. The largest absolute Gasteiger partial charge is 0.454 e. The molecule has 0 spiro atoms. The van der Waals surface area contributed by atoms with Crippen LogP contribution in [0.1, 0.15) is 30.7 Å². The molecular weight excluding hydrogens is 228 g/mol. The topological polar surface area (TPSA) is 47.1 Å². The van der Waals surface area contributed by atoms with Crippen molar-refractivity contribution >= 4 is 0 Å². The van der Waals surface area contributed by atoms with E-state index in [2.05, 4.69) is 29.0 Å². The number of ether oxygens (including phenoxy) is 2. The fourth-order valence-electron chi connectivity index (χ4n) is 2.29. The maximum absolute atomic E-state index is 5.40. The second-order valence-corrected chi connectivity index (χ2v) is 4.47. The van der Waals surface area contributed by atoms with Crippen LogP contribution in [0.2, 0.25) is 0 Å². The van der Waals surface area contributed by atoms with E-state index in [4.69, 9.17) is 9.47 Å². The van der Waals surface area contributed by atoms with Crippen LogP contribution in [-0.4, -0.2) is 16.8 Å². The Morgan fingerprint density at radius 1 is 1.33 bits per heavy atom. The van der Waals surface area contributed by atoms with Crippen LogP contribution in [0.5, 0.6) is 11.5 Å². The number of rotatable bonds is 4. The summed E-state index contributed by atoms with van der Waals surface area (Å²) in [5, 5.41) is 0. The molecule has 0 saturated heterocycles. The molecule has 1 atom stereocenters. The highest BCUT2D eigenvalue weighted by Gasteiger charge is 2.16. The third-order valence-corrected chi connectivity index (χ3v) is 3.32. The maximum Gasteiger partial charge on any atom is 0.231 e. The van der Waals surface area contributed by atoms with Gasteiger partial charge in [0.15, 0.2) is 11.5 Å².